The third-order valence-corrected chi connectivity index (χ3v) is 3.82. The van der Waals surface area contributed by atoms with Crippen molar-refractivity contribution in [3.8, 4) is 0 Å². The Bertz CT molecular complexity index is 215. The first kappa shape index (κ1) is 18.4. The summed E-state index contributed by atoms with van der Waals surface area (Å²) in [5.41, 5.74) is 0. The quantitative estimate of drug-likeness (QED) is 0.712. The summed E-state index contributed by atoms with van der Waals surface area (Å²) >= 11 is 0. The van der Waals surface area contributed by atoms with Crippen LogP contribution < -0.4 is 10.0 Å². The second kappa shape index (κ2) is 12.5. The molecule has 1 saturated heterocycles. The van der Waals surface area contributed by atoms with Crippen molar-refractivity contribution in [3.05, 3.63) is 0 Å². The van der Waals surface area contributed by atoms with Crippen molar-refractivity contribution in [2.45, 2.75) is 72.1 Å². The Kier molecular flexibility index (Phi) is 12.1. The zero-order chi connectivity index (χ0) is 14.5. The van der Waals surface area contributed by atoms with Gasteiger partial charge in [-0.2, -0.15) is 0 Å². The minimum Gasteiger partial charge on any atom is -0.550 e. The third-order valence-electron chi connectivity index (χ3n) is 3.82. The summed E-state index contributed by atoms with van der Waals surface area (Å²) in [6.07, 6.45) is 11.6. The van der Waals surface area contributed by atoms with Crippen molar-refractivity contribution >= 4 is 5.97 Å². The predicted octanol–water partition coefficient (Wildman–Crippen LogP) is 1.42. The number of likely N-dealkylation sites (tertiary alicyclic amines) is 1. The van der Waals surface area contributed by atoms with E-state index in [4.69, 9.17) is 9.90 Å². The number of carbonyl (C=O) groups excluding carboxylic acids is 1. The molecule has 1 aliphatic rings. The van der Waals surface area contributed by atoms with E-state index < -0.39 is 5.97 Å². The van der Waals surface area contributed by atoms with Gasteiger partial charge in [0.15, 0.2) is 0 Å². The monoisotopic (exact) mass is 271 g/mol. The molecule has 0 aromatic rings. The summed E-state index contributed by atoms with van der Waals surface area (Å²) in [5.74, 6) is -0.0321. The highest BCUT2D eigenvalue weighted by Crippen LogP contribution is 2.14. The molecule has 19 heavy (non-hydrogen) atoms. The lowest BCUT2D eigenvalue weighted by atomic mass is 9.93. The minimum absolute atomic E-state index is 0.972. The molecular weight excluding hydrogens is 238 g/mol. The lowest BCUT2D eigenvalue weighted by Gasteiger charge is -2.29. The molecule has 0 radical (unpaired) electrons. The van der Waals surface area contributed by atoms with E-state index in [-0.39, 0.29) is 0 Å². The number of carboxylic acid groups (broad SMARTS) is 1. The Balaban J connectivity index is 0.000000711. The second-order valence-corrected chi connectivity index (χ2v) is 5.80. The van der Waals surface area contributed by atoms with Gasteiger partial charge in [0.25, 0.3) is 0 Å². The summed E-state index contributed by atoms with van der Waals surface area (Å²) in [5, 5.41) is 8.89. The van der Waals surface area contributed by atoms with Crippen molar-refractivity contribution in [3.63, 3.8) is 0 Å². The molecule has 0 amide bonds. The van der Waals surface area contributed by atoms with Gasteiger partial charge in [-0.1, -0.05) is 33.1 Å². The highest BCUT2D eigenvalue weighted by molar-refractivity contribution is 5.60. The summed E-state index contributed by atoms with van der Waals surface area (Å²) in [7, 11) is 0. The number of carboxylic acids is 1. The van der Waals surface area contributed by atoms with Gasteiger partial charge in [0, 0.05) is 11.9 Å². The Morgan fingerprint density at radius 2 is 1.84 bits per heavy atom. The molecule has 0 aromatic carbocycles. The van der Waals surface area contributed by atoms with Gasteiger partial charge in [-0.25, -0.2) is 0 Å². The first-order chi connectivity index (χ1) is 9.10. The largest absolute Gasteiger partial charge is 0.550 e. The molecule has 1 heterocycles. The van der Waals surface area contributed by atoms with Gasteiger partial charge >= 0.3 is 0 Å². The van der Waals surface area contributed by atoms with Crippen LogP contribution >= 0.6 is 0 Å². The number of piperidine rings is 1. The van der Waals surface area contributed by atoms with E-state index >= 15 is 0 Å². The smallest absolute Gasteiger partial charge is 0.0799 e. The maximum absolute atomic E-state index is 8.89. The standard InChI is InChI=1S/C14H29N.C2H4O2/c1-3-5-7-11-15-12-8-10-14(13-15)9-6-4-2;1-2(3)4/h14H,3-13H2,1-2H3;1H3,(H,3,4). The molecule has 1 fully saturated rings. The summed E-state index contributed by atoms with van der Waals surface area (Å²) in [6, 6.07) is 0. The SMILES string of the molecule is CC(=O)[O-].CCCCC[NH+]1CCCC(CCCC)C1. The Morgan fingerprint density at radius 3 is 2.42 bits per heavy atom. The van der Waals surface area contributed by atoms with Crippen LogP contribution in [-0.2, 0) is 4.79 Å². The average Bonchev–Trinajstić information content (AvgIpc) is 2.36. The predicted molar refractivity (Wildman–Crippen MR) is 78.0 cm³/mol. The molecule has 0 aliphatic carbocycles. The highest BCUT2D eigenvalue weighted by atomic mass is 16.4. The third kappa shape index (κ3) is 12.2. The molecule has 2 unspecified atom stereocenters. The van der Waals surface area contributed by atoms with Crippen LogP contribution in [0.15, 0.2) is 0 Å². The highest BCUT2D eigenvalue weighted by Gasteiger charge is 2.21. The van der Waals surface area contributed by atoms with Gasteiger partial charge in [0.05, 0.1) is 19.6 Å². The molecule has 0 saturated carbocycles. The van der Waals surface area contributed by atoms with Crippen molar-refractivity contribution in [2.75, 3.05) is 19.6 Å². The fourth-order valence-electron chi connectivity index (χ4n) is 2.84. The van der Waals surface area contributed by atoms with E-state index in [1.165, 1.54) is 71.0 Å². The van der Waals surface area contributed by atoms with Crippen molar-refractivity contribution < 1.29 is 14.8 Å². The molecular formula is C16H33NO2. The molecule has 0 aromatic heterocycles. The zero-order valence-electron chi connectivity index (χ0n) is 13.2. The zero-order valence-corrected chi connectivity index (χ0v) is 13.2. The number of nitrogens with one attached hydrogen (secondary N) is 1. The van der Waals surface area contributed by atoms with Crippen LogP contribution in [0.4, 0.5) is 0 Å². The number of hydrogen-bond donors (Lipinski definition) is 1. The summed E-state index contributed by atoms with van der Waals surface area (Å²) < 4.78 is 0. The Morgan fingerprint density at radius 1 is 1.21 bits per heavy atom. The Hall–Kier alpha value is -0.570. The van der Waals surface area contributed by atoms with Crippen LogP contribution in [0, 0.1) is 5.92 Å². The van der Waals surface area contributed by atoms with Crippen LogP contribution in [0.1, 0.15) is 72.1 Å². The normalized spacial score (nSPS) is 22.5. The molecule has 1 N–H and O–H groups in total. The van der Waals surface area contributed by atoms with Crippen LogP contribution in [0.5, 0.6) is 0 Å². The van der Waals surface area contributed by atoms with Gasteiger partial charge in [-0.05, 0) is 39.0 Å². The van der Waals surface area contributed by atoms with Gasteiger partial charge in [-0.3, -0.25) is 0 Å². The number of quaternary nitrogens is 1. The first-order valence-corrected chi connectivity index (χ1v) is 8.11. The van der Waals surface area contributed by atoms with Crippen molar-refractivity contribution in [2.24, 2.45) is 5.92 Å². The first-order valence-electron chi connectivity index (χ1n) is 8.11. The molecule has 0 spiro atoms. The van der Waals surface area contributed by atoms with Gasteiger partial charge in [-0.15, -0.1) is 0 Å². The summed E-state index contributed by atoms with van der Waals surface area (Å²) in [4.78, 5) is 10.8. The molecule has 1 aliphatic heterocycles. The van der Waals surface area contributed by atoms with E-state index in [1.54, 1.807) is 0 Å². The van der Waals surface area contributed by atoms with Crippen LogP contribution in [0.3, 0.4) is 0 Å². The van der Waals surface area contributed by atoms with E-state index in [0.29, 0.717) is 0 Å². The number of hydrogen-bond acceptors (Lipinski definition) is 2. The van der Waals surface area contributed by atoms with E-state index in [9.17, 15) is 0 Å². The molecule has 2 atom stereocenters. The van der Waals surface area contributed by atoms with Gasteiger partial charge in [0.1, 0.15) is 0 Å². The Labute approximate surface area is 119 Å². The fourth-order valence-corrected chi connectivity index (χ4v) is 2.84. The van der Waals surface area contributed by atoms with Crippen LogP contribution in [0.2, 0.25) is 0 Å². The molecule has 3 heteroatoms. The van der Waals surface area contributed by atoms with E-state index in [2.05, 4.69) is 13.8 Å². The van der Waals surface area contributed by atoms with Crippen molar-refractivity contribution in [1.29, 1.82) is 0 Å². The van der Waals surface area contributed by atoms with Crippen molar-refractivity contribution in [1.82, 2.24) is 0 Å². The number of unbranched alkanes of at least 4 members (excludes halogenated alkanes) is 3. The lowest BCUT2D eigenvalue weighted by Crippen LogP contribution is -3.13. The van der Waals surface area contributed by atoms with Crippen LogP contribution in [0.25, 0.3) is 0 Å². The molecule has 114 valence electrons. The fraction of sp³-hybridized carbons (Fsp3) is 0.938. The molecule has 0 bridgehead atoms. The van der Waals surface area contributed by atoms with Gasteiger partial charge in [0.2, 0.25) is 0 Å². The average molecular weight is 271 g/mol. The van der Waals surface area contributed by atoms with Crippen LogP contribution in [-0.4, -0.2) is 25.6 Å². The number of rotatable bonds is 7. The second-order valence-electron chi connectivity index (χ2n) is 5.80. The molecule has 1 rings (SSSR count). The lowest BCUT2D eigenvalue weighted by molar-refractivity contribution is -0.909. The van der Waals surface area contributed by atoms with Gasteiger partial charge < -0.3 is 14.8 Å². The van der Waals surface area contributed by atoms with E-state index in [0.717, 1.165) is 12.8 Å². The topological polar surface area (TPSA) is 44.6 Å². The molecule has 3 nitrogen and oxygen atoms in total. The maximum atomic E-state index is 8.89. The van der Waals surface area contributed by atoms with E-state index in [1.807, 2.05) is 4.90 Å². The minimum atomic E-state index is -1.08. The maximum Gasteiger partial charge on any atom is 0.0799 e. The number of carbonyl (C=O) groups is 1. The summed E-state index contributed by atoms with van der Waals surface area (Å²) in [6.45, 7) is 9.96. The number of aliphatic carboxylic acids is 1.